The van der Waals surface area contributed by atoms with Crippen LogP contribution >= 0.6 is 11.3 Å². The fourth-order valence-corrected chi connectivity index (χ4v) is 4.06. The van der Waals surface area contributed by atoms with Crippen molar-refractivity contribution < 1.29 is 4.79 Å². The Balaban J connectivity index is 2.00. The molecule has 4 heteroatoms. The minimum Gasteiger partial charge on any atom is -0.315 e. The van der Waals surface area contributed by atoms with E-state index in [2.05, 4.69) is 48.5 Å². The minimum atomic E-state index is -0.430. The van der Waals surface area contributed by atoms with Crippen LogP contribution in [0.5, 0.6) is 0 Å². The number of thiophene rings is 1. The highest BCUT2D eigenvalue weighted by atomic mass is 32.1. The highest BCUT2D eigenvalue weighted by molar-refractivity contribution is 7.10. The van der Waals surface area contributed by atoms with Gasteiger partial charge >= 0.3 is 0 Å². The van der Waals surface area contributed by atoms with Gasteiger partial charge in [-0.05, 0) is 57.4 Å². The minimum absolute atomic E-state index is 0.0306. The van der Waals surface area contributed by atoms with Crippen LogP contribution in [0.1, 0.15) is 58.0 Å². The van der Waals surface area contributed by atoms with Gasteiger partial charge in [0.25, 0.3) is 0 Å². The quantitative estimate of drug-likeness (QED) is 0.920. The lowest BCUT2D eigenvalue weighted by Crippen LogP contribution is -2.50. The van der Waals surface area contributed by atoms with Crippen molar-refractivity contribution in [3.05, 3.63) is 22.4 Å². The maximum absolute atomic E-state index is 13.0. The summed E-state index contributed by atoms with van der Waals surface area (Å²) in [7, 11) is 0. The highest BCUT2D eigenvalue weighted by Gasteiger charge is 2.56. The molecule has 1 saturated heterocycles. The van der Waals surface area contributed by atoms with Gasteiger partial charge in [-0.2, -0.15) is 0 Å². The van der Waals surface area contributed by atoms with Gasteiger partial charge in [-0.25, -0.2) is 0 Å². The fourth-order valence-electron chi connectivity index (χ4n) is 3.29. The zero-order valence-electron chi connectivity index (χ0n) is 12.8. The Bertz CT molecular complexity index is 507. The molecule has 1 N–H and O–H groups in total. The predicted octanol–water partition coefficient (Wildman–Crippen LogP) is 3.54. The van der Waals surface area contributed by atoms with E-state index in [1.807, 2.05) is 6.92 Å². The molecule has 1 aliphatic heterocycles. The normalized spacial score (nSPS) is 31.1. The summed E-state index contributed by atoms with van der Waals surface area (Å²) in [5.74, 6) is 0.908. The third-order valence-electron chi connectivity index (χ3n) is 5.12. The number of carbonyl (C=O) groups excluding carboxylic acids is 1. The number of amides is 1. The van der Waals surface area contributed by atoms with Crippen LogP contribution < -0.4 is 5.32 Å². The fraction of sp³-hybridized carbons (Fsp3) is 0.688. The van der Waals surface area contributed by atoms with E-state index in [4.69, 9.17) is 0 Å². The number of hydrogen-bond acceptors (Lipinski definition) is 3. The molecule has 0 spiro atoms. The van der Waals surface area contributed by atoms with Gasteiger partial charge in [-0.3, -0.25) is 10.1 Å². The summed E-state index contributed by atoms with van der Waals surface area (Å²) in [6, 6.07) is 4.20. The molecule has 110 valence electrons. The number of rotatable bonds is 4. The molecule has 1 aromatic heterocycles. The first kappa shape index (κ1) is 14.1. The van der Waals surface area contributed by atoms with Crippen LogP contribution in [-0.4, -0.2) is 21.9 Å². The molecule has 3 rings (SSSR count). The number of hydrogen-bond donors (Lipinski definition) is 1. The van der Waals surface area contributed by atoms with E-state index in [1.165, 1.54) is 17.7 Å². The van der Waals surface area contributed by atoms with E-state index in [0.717, 1.165) is 6.42 Å². The summed E-state index contributed by atoms with van der Waals surface area (Å²) in [4.78, 5) is 16.4. The average Bonchev–Trinajstić information content (AvgIpc) is 3.07. The van der Waals surface area contributed by atoms with Crippen molar-refractivity contribution in [1.29, 1.82) is 0 Å². The van der Waals surface area contributed by atoms with Gasteiger partial charge in [0.15, 0.2) is 0 Å². The van der Waals surface area contributed by atoms with Crippen LogP contribution in [-0.2, 0) is 4.79 Å². The van der Waals surface area contributed by atoms with Gasteiger partial charge in [0.1, 0.15) is 6.17 Å². The molecular formula is C16H24N2OS. The third kappa shape index (κ3) is 2.01. The number of nitrogens with one attached hydrogen (secondary N) is 1. The number of nitrogens with zero attached hydrogens (tertiary/aromatic N) is 1. The molecule has 0 bridgehead atoms. The van der Waals surface area contributed by atoms with Crippen molar-refractivity contribution in [2.24, 2.45) is 5.92 Å². The average molecular weight is 292 g/mol. The lowest BCUT2D eigenvalue weighted by atomic mass is 9.93. The Morgan fingerprint density at radius 3 is 2.70 bits per heavy atom. The van der Waals surface area contributed by atoms with Gasteiger partial charge in [0, 0.05) is 10.4 Å². The van der Waals surface area contributed by atoms with Crippen molar-refractivity contribution in [2.75, 3.05) is 0 Å². The highest BCUT2D eigenvalue weighted by Crippen LogP contribution is 2.48. The SMILES string of the molecule is CCC1(C)NC(c2cccs2)N(C(C)(C)C2CC2)C1=O. The Labute approximate surface area is 125 Å². The molecule has 20 heavy (non-hydrogen) atoms. The van der Waals surface area contributed by atoms with Crippen LogP contribution in [0.4, 0.5) is 0 Å². The largest absolute Gasteiger partial charge is 0.315 e. The van der Waals surface area contributed by atoms with E-state index in [0.29, 0.717) is 5.92 Å². The molecule has 3 nitrogen and oxygen atoms in total. The molecular weight excluding hydrogens is 268 g/mol. The van der Waals surface area contributed by atoms with Gasteiger partial charge in [-0.15, -0.1) is 11.3 Å². The molecule has 0 radical (unpaired) electrons. The van der Waals surface area contributed by atoms with Crippen molar-refractivity contribution >= 4 is 17.2 Å². The van der Waals surface area contributed by atoms with E-state index in [9.17, 15) is 4.79 Å². The smallest absolute Gasteiger partial charge is 0.244 e. The van der Waals surface area contributed by atoms with E-state index < -0.39 is 5.54 Å². The summed E-state index contributed by atoms with van der Waals surface area (Å²) in [6.45, 7) is 8.58. The standard InChI is InChI=1S/C16H24N2OS/c1-5-16(4)14(19)18(15(2,3)11-8-9-11)13(17-16)12-7-6-10-20-12/h6-7,10-11,13,17H,5,8-9H2,1-4H3. The summed E-state index contributed by atoms with van der Waals surface area (Å²) in [6.07, 6.45) is 3.35. The maximum atomic E-state index is 13.0. The van der Waals surface area contributed by atoms with Crippen LogP contribution in [0.3, 0.4) is 0 Å². The molecule has 2 aliphatic rings. The first-order valence-corrected chi connectivity index (χ1v) is 8.43. The summed E-state index contributed by atoms with van der Waals surface area (Å²) < 4.78 is 0. The second-order valence-corrected chi connectivity index (χ2v) is 7.83. The van der Waals surface area contributed by atoms with Gasteiger partial charge in [0.05, 0.1) is 5.54 Å². The van der Waals surface area contributed by atoms with Crippen molar-refractivity contribution in [3.63, 3.8) is 0 Å². The monoisotopic (exact) mass is 292 g/mol. The second kappa shape index (κ2) is 4.57. The van der Waals surface area contributed by atoms with Crippen molar-refractivity contribution in [2.45, 2.75) is 64.2 Å². The zero-order valence-corrected chi connectivity index (χ0v) is 13.6. The van der Waals surface area contributed by atoms with E-state index >= 15 is 0 Å². The summed E-state index contributed by atoms with van der Waals surface area (Å²) >= 11 is 1.73. The molecule has 1 amide bonds. The molecule has 1 aromatic rings. The van der Waals surface area contributed by atoms with Crippen LogP contribution in [0.2, 0.25) is 0 Å². The lowest BCUT2D eigenvalue weighted by Gasteiger charge is -2.39. The van der Waals surface area contributed by atoms with Crippen LogP contribution in [0, 0.1) is 5.92 Å². The molecule has 1 saturated carbocycles. The Morgan fingerprint density at radius 1 is 1.50 bits per heavy atom. The lowest BCUT2D eigenvalue weighted by molar-refractivity contribution is -0.138. The zero-order chi connectivity index (χ0) is 14.5. The topological polar surface area (TPSA) is 32.3 Å². The third-order valence-corrected chi connectivity index (χ3v) is 6.05. The van der Waals surface area contributed by atoms with Crippen molar-refractivity contribution in [1.82, 2.24) is 10.2 Å². The van der Waals surface area contributed by atoms with Crippen LogP contribution in [0.15, 0.2) is 17.5 Å². The molecule has 2 unspecified atom stereocenters. The molecule has 2 atom stereocenters. The summed E-state index contributed by atoms with van der Waals surface area (Å²) in [5.41, 5.74) is -0.494. The van der Waals surface area contributed by atoms with Gasteiger partial charge < -0.3 is 4.90 Å². The van der Waals surface area contributed by atoms with Gasteiger partial charge in [0.2, 0.25) is 5.91 Å². The van der Waals surface area contributed by atoms with Crippen LogP contribution in [0.25, 0.3) is 0 Å². The molecule has 2 heterocycles. The Morgan fingerprint density at radius 2 is 2.20 bits per heavy atom. The second-order valence-electron chi connectivity index (χ2n) is 6.85. The maximum Gasteiger partial charge on any atom is 0.244 e. The number of carbonyl (C=O) groups is 1. The first-order chi connectivity index (χ1) is 9.40. The summed E-state index contributed by atoms with van der Waals surface area (Å²) in [5, 5.41) is 5.68. The Kier molecular flexibility index (Phi) is 3.22. The van der Waals surface area contributed by atoms with Crippen molar-refractivity contribution in [3.8, 4) is 0 Å². The van der Waals surface area contributed by atoms with E-state index in [-0.39, 0.29) is 17.6 Å². The predicted molar refractivity (Wildman–Crippen MR) is 82.5 cm³/mol. The van der Waals surface area contributed by atoms with E-state index in [1.54, 1.807) is 11.3 Å². The first-order valence-electron chi connectivity index (χ1n) is 7.55. The van der Waals surface area contributed by atoms with Gasteiger partial charge in [-0.1, -0.05) is 13.0 Å². The molecule has 2 fully saturated rings. The molecule has 1 aliphatic carbocycles. The Hall–Kier alpha value is -0.870. The molecule has 0 aromatic carbocycles.